The Morgan fingerprint density at radius 2 is 1.70 bits per heavy atom. The molecule has 0 bridgehead atoms. The van der Waals surface area contributed by atoms with E-state index in [-0.39, 0.29) is 11.4 Å². The van der Waals surface area contributed by atoms with Crippen molar-refractivity contribution in [2.45, 2.75) is 32.7 Å². The van der Waals surface area contributed by atoms with E-state index in [0.29, 0.717) is 5.56 Å². The molecule has 0 saturated heterocycles. The van der Waals surface area contributed by atoms with Crippen molar-refractivity contribution in [3.8, 4) is 0 Å². The highest BCUT2D eigenvalue weighted by Gasteiger charge is 2.21. The second-order valence-corrected chi connectivity index (χ2v) is 5.74. The van der Waals surface area contributed by atoms with E-state index in [4.69, 9.17) is 0 Å². The summed E-state index contributed by atoms with van der Waals surface area (Å²) in [4.78, 5) is 16.1. The van der Waals surface area contributed by atoms with E-state index in [1.54, 1.807) is 24.5 Å². The Kier molecular flexibility index (Phi) is 4.18. The van der Waals surface area contributed by atoms with Gasteiger partial charge in [-0.3, -0.25) is 9.78 Å². The molecular weight excluding hydrogens is 248 g/mol. The zero-order valence-corrected chi connectivity index (χ0v) is 12.2. The summed E-state index contributed by atoms with van der Waals surface area (Å²) < 4.78 is 0. The standard InChI is InChI=1S/C17H20N2O/c1-13-4-6-14(7-5-13)12-17(2,3)19-16(20)15-8-10-18-11-9-15/h4-11H,12H2,1-3H3,(H,19,20). The minimum atomic E-state index is -0.296. The van der Waals surface area contributed by atoms with Crippen LogP contribution in [-0.4, -0.2) is 16.4 Å². The molecule has 2 rings (SSSR count). The average Bonchev–Trinajstić information content (AvgIpc) is 2.41. The second kappa shape index (κ2) is 5.87. The molecule has 0 aliphatic heterocycles. The maximum Gasteiger partial charge on any atom is 0.251 e. The number of rotatable bonds is 4. The first-order valence-electron chi connectivity index (χ1n) is 6.74. The molecule has 1 aromatic carbocycles. The molecule has 0 atom stereocenters. The van der Waals surface area contributed by atoms with Crippen molar-refractivity contribution >= 4 is 5.91 Å². The smallest absolute Gasteiger partial charge is 0.251 e. The quantitative estimate of drug-likeness (QED) is 0.925. The van der Waals surface area contributed by atoms with Gasteiger partial charge in [-0.1, -0.05) is 29.8 Å². The summed E-state index contributed by atoms with van der Waals surface area (Å²) in [7, 11) is 0. The first-order valence-corrected chi connectivity index (χ1v) is 6.74. The maximum absolute atomic E-state index is 12.2. The monoisotopic (exact) mass is 268 g/mol. The number of pyridine rings is 1. The van der Waals surface area contributed by atoms with E-state index in [9.17, 15) is 4.79 Å². The number of aromatic nitrogens is 1. The van der Waals surface area contributed by atoms with Crippen LogP contribution in [-0.2, 0) is 6.42 Å². The zero-order valence-electron chi connectivity index (χ0n) is 12.2. The summed E-state index contributed by atoms with van der Waals surface area (Å²) >= 11 is 0. The molecule has 3 heteroatoms. The highest BCUT2D eigenvalue weighted by atomic mass is 16.1. The number of carbonyl (C=O) groups excluding carboxylic acids is 1. The van der Waals surface area contributed by atoms with Crippen molar-refractivity contribution in [3.63, 3.8) is 0 Å². The van der Waals surface area contributed by atoms with E-state index in [2.05, 4.69) is 41.5 Å². The molecular formula is C17H20N2O. The van der Waals surface area contributed by atoms with Gasteiger partial charge >= 0.3 is 0 Å². The van der Waals surface area contributed by atoms with Crippen LogP contribution < -0.4 is 5.32 Å². The Bertz CT molecular complexity index is 574. The lowest BCUT2D eigenvalue weighted by atomic mass is 9.94. The zero-order chi connectivity index (χ0) is 14.6. The molecule has 0 unspecified atom stereocenters. The van der Waals surface area contributed by atoms with Crippen LogP contribution in [0.2, 0.25) is 0 Å². The molecule has 1 heterocycles. The minimum Gasteiger partial charge on any atom is -0.347 e. The predicted molar refractivity (Wildman–Crippen MR) is 80.7 cm³/mol. The van der Waals surface area contributed by atoms with Crippen molar-refractivity contribution in [2.24, 2.45) is 0 Å². The van der Waals surface area contributed by atoms with Gasteiger partial charge in [0.2, 0.25) is 0 Å². The summed E-state index contributed by atoms with van der Waals surface area (Å²) in [6.45, 7) is 6.14. The third-order valence-corrected chi connectivity index (χ3v) is 3.16. The fourth-order valence-corrected chi connectivity index (χ4v) is 2.14. The number of aryl methyl sites for hydroxylation is 1. The Balaban J connectivity index is 2.03. The van der Waals surface area contributed by atoms with E-state index < -0.39 is 0 Å². The number of nitrogens with one attached hydrogen (secondary N) is 1. The predicted octanol–water partition coefficient (Wildman–Crippen LogP) is 3.14. The third-order valence-electron chi connectivity index (χ3n) is 3.16. The molecule has 2 aromatic rings. The Morgan fingerprint density at radius 3 is 2.30 bits per heavy atom. The molecule has 0 aliphatic rings. The number of hydrogen-bond acceptors (Lipinski definition) is 2. The van der Waals surface area contributed by atoms with Crippen LogP contribution >= 0.6 is 0 Å². The Hall–Kier alpha value is -2.16. The van der Waals surface area contributed by atoms with Gasteiger partial charge in [0.1, 0.15) is 0 Å². The Labute approximate surface area is 120 Å². The normalized spacial score (nSPS) is 11.2. The van der Waals surface area contributed by atoms with E-state index in [0.717, 1.165) is 6.42 Å². The molecule has 0 saturated carbocycles. The van der Waals surface area contributed by atoms with Gasteiger partial charge in [0.05, 0.1) is 0 Å². The molecule has 3 nitrogen and oxygen atoms in total. The van der Waals surface area contributed by atoms with E-state index in [1.807, 2.05) is 13.8 Å². The van der Waals surface area contributed by atoms with Gasteiger partial charge in [0, 0.05) is 23.5 Å². The third kappa shape index (κ3) is 3.92. The number of nitrogens with zero attached hydrogens (tertiary/aromatic N) is 1. The molecule has 0 fully saturated rings. The average molecular weight is 268 g/mol. The van der Waals surface area contributed by atoms with Crippen molar-refractivity contribution in [1.29, 1.82) is 0 Å². The highest BCUT2D eigenvalue weighted by Crippen LogP contribution is 2.14. The van der Waals surface area contributed by atoms with Crippen LogP contribution in [0.4, 0.5) is 0 Å². The topological polar surface area (TPSA) is 42.0 Å². The van der Waals surface area contributed by atoms with Gasteiger partial charge in [-0.05, 0) is 44.9 Å². The second-order valence-electron chi connectivity index (χ2n) is 5.74. The van der Waals surface area contributed by atoms with Crippen molar-refractivity contribution in [2.75, 3.05) is 0 Å². The molecule has 0 aliphatic carbocycles. The molecule has 0 spiro atoms. The minimum absolute atomic E-state index is 0.0653. The molecule has 0 radical (unpaired) electrons. The van der Waals surface area contributed by atoms with Crippen LogP contribution in [0.3, 0.4) is 0 Å². The van der Waals surface area contributed by atoms with E-state index >= 15 is 0 Å². The van der Waals surface area contributed by atoms with Crippen molar-refractivity contribution < 1.29 is 4.79 Å². The molecule has 104 valence electrons. The van der Waals surface area contributed by atoms with Gasteiger partial charge in [-0.2, -0.15) is 0 Å². The largest absolute Gasteiger partial charge is 0.347 e. The number of amides is 1. The molecule has 1 aromatic heterocycles. The number of benzene rings is 1. The van der Waals surface area contributed by atoms with Crippen molar-refractivity contribution in [1.82, 2.24) is 10.3 Å². The number of carbonyl (C=O) groups is 1. The molecule has 20 heavy (non-hydrogen) atoms. The van der Waals surface area contributed by atoms with Crippen LogP contribution in [0.1, 0.15) is 35.3 Å². The van der Waals surface area contributed by atoms with Crippen LogP contribution in [0, 0.1) is 6.92 Å². The van der Waals surface area contributed by atoms with E-state index in [1.165, 1.54) is 11.1 Å². The fraction of sp³-hybridized carbons (Fsp3) is 0.294. The summed E-state index contributed by atoms with van der Waals surface area (Å²) in [6.07, 6.45) is 4.05. The molecule has 1 N–H and O–H groups in total. The van der Waals surface area contributed by atoms with Gasteiger partial charge in [-0.15, -0.1) is 0 Å². The molecule has 1 amide bonds. The summed E-state index contributed by atoms with van der Waals surface area (Å²) in [6, 6.07) is 11.8. The van der Waals surface area contributed by atoms with Gasteiger partial charge in [0.25, 0.3) is 5.91 Å². The van der Waals surface area contributed by atoms with Gasteiger partial charge in [0.15, 0.2) is 0 Å². The van der Waals surface area contributed by atoms with Crippen LogP contribution in [0.25, 0.3) is 0 Å². The summed E-state index contributed by atoms with van der Waals surface area (Å²) in [5, 5.41) is 3.07. The summed E-state index contributed by atoms with van der Waals surface area (Å²) in [5.41, 5.74) is 2.80. The lowest BCUT2D eigenvalue weighted by Crippen LogP contribution is -2.45. The van der Waals surface area contributed by atoms with Crippen molar-refractivity contribution in [3.05, 3.63) is 65.5 Å². The first-order chi connectivity index (χ1) is 9.46. The van der Waals surface area contributed by atoms with Crippen LogP contribution in [0.15, 0.2) is 48.8 Å². The highest BCUT2D eigenvalue weighted by molar-refractivity contribution is 5.94. The summed E-state index contributed by atoms with van der Waals surface area (Å²) in [5.74, 6) is -0.0653. The first kappa shape index (κ1) is 14.3. The maximum atomic E-state index is 12.2. The lowest BCUT2D eigenvalue weighted by molar-refractivity contribution is 0.0913. The van der Waals surface area contributed by atoms with Crippen LogP contribution in [0.5, 0.6) is 0 Å². The number of hydrogen-bond donors (Lipinski definition) is 1. The van der Waals surface area contributed by atoms with Gasteiger partial charge in [-0.25, -0.2) is 0 Å². The van der Waals surface area contributed by atoms with Gasteiger partial charge < -0.3 is 5.32 Å². The lowest BCUT2D eigenvalue weighted by Gasteiger charge is -2.26. The Morgan fingerprint density at radius 1 is 1.10 bits per heavy atom. The SMILES string of the molecule is Cc1ccc(CC(C)(C)NC(=O)c2ccncc2)cc1. The fourth-order valence-electron chi connectivity index (χ4n) is 2.14.